The summed E-state index contributed by atoms with van der Waals surface area (Å²) in [4.78, 5) is 0. The van der Waals surface area contributed by atoms with E-state index in [0.29, 0.717) is 16.8 Å². The smallest absolute Gasteiger partial charge is 0.127 e. The molecule has 0 spiro atoms. The Bertz CT molecular complexity index is 332. The molecule has 0 fully saturated rings. The summed E-state index contributed by atoms with van der Waals surface area (Å²) in [6.45, 7) is 3.76. The fourth-order valence-electron chi connectivity index (χ4n) is 1.37. The number of benzene rings is 1. The lowest BCUT2D eigenvalue weighted by Gasteiger charge is -2.12. The highest BCUT2D eigenvalue weighted by Gasteiger charge is 2.12. The Kier molecular flexibility index (Phi) is 2.66. The van der Waals surface area contributed by atoms with Crippen LogP contribution in [0.15, 0.2) is 12.1 Å². The van der Waals surface area contributed by atoms with Crippen molar-refractivity contribution in [3.63, 3.8) is 0 Å². The first-order valence-electron chi connectivity index (χ1n) is 4.16. The Morgan fingerprint density at radius 3 is 2.46 bits per heavy atom. The van der Waals surface area contributed by atoms with Crippen LogP contribution in [0.5, 0.6) is 0 Å². The molecule has 0 amide bonds. The van der Waals surface area contributed by atoms with Gasteiger partial charge in [-0.25, -0.2) is 4.39 Å². The van der Waals surface area contributed by atoms with E-state index in [2.05, 4.69) is 0 Å². The largest absolute Gasteiger partial charge is 0.398 e. The molecule has 0 aromatic heterocycles. The van der Waals surface area contributed by atoms with E-state index in [1.54, 1.807) is 0 Å². The summed E-state index contributed by atoms with van der Waals surface area (Å²) in [5.74, 6) is -0.247. The first-order chi connectivity index (χ1) is 6.07. The van der Waals surface area contributed by atoms with E-state index in [1.807, 2.05) is 13.8 Å². The zero-order chi connectivity index (χ0) is 10.0. The number of rotatable bonds is 2. The monoisotopic (exact) mass is 180 g/mol. The van der Waals surface area contributed by atoms with Crippen LogP contribution in [0.3, 0.4) is 0 Å². The van der Waals surface area contributed by atoms with Crippen molar-refractivity contribution in [1.82, 2.24) is 0 Å². The third kappa shape index (κ3) is 1.69. The summed E-state index contributed by atoms with van der Waals surface area (Å²) in [6.07, 6.45) is 1.10. The zero-order valence-electron chi connectivity index (χ0n) is 7.76. The molecule has 1 aromatic carbocycles. The van der Waals surface area contributed by atoms with E-state index < -0.39 is 0 Å². The molecule has 0 aliphatic heterocycles. The molecule has 3 N–H and O–H groups in total. The van der Waals surface area contributed by atoms with Gasteiger partial charge in [0.15, 0.2) is 0 Å². The van der Waals surface area contributed by atoms with E-state index in [1.165, 1.54) is 12.1 Å². The topological polar surface area (TPSA) is 49.9 Å². The molecule has 1 aromatic rings. The first kappa shape index (κ1) is 9.71. The molecular weight excluding hydrogens is 167 g/mol. The van der Waals surface area contributed by atoms with Crippen LogP contribution < -0.4 is 5.73 Å². The van der Waals surface area contributed by atoms with Crippen molar-refractivity contribution in [3.8, 4) is 0 Å². The summed E-state index contributed by atoms with van der Waals surface area (Å²) in [6, 6.07) is 2.83. The molecule has 0 saturated carbocycles. The van der Waals surface area contributed by atoms with Gasteiger partial charge in [-0.05, 0) is 18.1 Å². The van der Waals surface area contributed by atoms with Crippen molar-refractivity contribution in [2.45, 2.75) is 19.8 Å². The van der Waals surface area contributed by atoms with Gasteiger partial charge >= 0.3 is 0 Å². The quantitative estimate of drug-likeness (QED) is 0.533. The summed E-state index contributed by atoms with van der Waals surface area (Å²) < 4.78 is 13.3. The standard InChI is InChI=1S/C10H13FN2/c1-6(2)10-7(5-12)9(13)4-3-8(10)11/h3-6,12H,13H2,1-2H3. The van der Waals surface area contributed by atoms with Crippen LogP contribution in [0, 0.1) is 11.2 Å². The van der Waals surface area contributed by atoms with Gasteiger partial charge in [0.25, 0.3) is 0 Å². The maximum atomic E-state index is 13.3. The van der Waals surface area contributed by atoms with Crippen LogP contribution in [0.2, 0.25) is 0 Å². The molecule has 0 bridgehead atoms. The van der Waals surface area contributed by atoms with Gasteiger partial charge < -0.3 is 11.1 Å². The molecule has 70 valence electrons. The van der Waals surface area contributed by atoms with Crippen molar-refractivity contribution in [2.75, 3.05) is 5.73 Å². The fourth-order valence-corrected chi connectivity index (χ4v) is 1.37. The lowest BCUT2D eigenvalue weighted by molar-refractivity contribution is 0.598. The molecule has 2 nitrogen and oxygen atoms in total. The third-order valence-electron chi connectivity index (χ3n) is 1.99. The van der Waals surface area contributed by atoms with E-state index in [-0.39, 0.29) is 11.7 Å². The van der Waals surface area contributed by atoms with E-state index in [9.17, 15) is 4.39 Å². The predicted octanol–water partition coefficient (Wildman–Crippen LogP) is 2.53. The van der Waals surface area contributed by atoms with Crippen molar-refractivity contribution in [3.05, 3.63) is 29.1 Å². The van der Waals surface area contributed by atoms with Crippen LogP contribution in [-0.4, -0.2) is 6.21 Å². The minimum atomic E-state index is -0.289. The molecule has 0 aliphatic rings. The highest BCUT2D eigenvalue weighted by molar-refractivity contribution is 5.87. The lowest BCUT2D eigenvalue weighted by Crippen LogP contribution is -2.03. The second-order valence-corrected chi connectivity index (χ2v) is 3.26. The Labute approximate surface area is 77.1 Å². The number of halogens is 1. The van der Waals surface area contributed by atoms with Gasteiger partial charge in [-0.15, -0.1) is 0 Å². The molecule has 0 radical (unpaired) electrons. The highest BCUT2D eigenvalue weighted by Crippen LogP contribution is 2.25. The fraction of sp³-hybridized carbons (Fsp3) is 0.300. The molecule has 0 saturated heterocycles. The number of nitrogens with one attached hydrogen (secondary N) is 1. The van der Waals surface area contributed by atoms with Gasteiger partial charge in [0, 0.05) is 23.0 Å². The molecule has 1 rings (SSSR count). The van der Waals surface area contributed by atoms with Crippen LogP contribution in [-0.2, 0) is 0 Å². The second-order valence-electron chi connectivity index (χ2n) is 3.26. The Morgan fingerprint density at radius 2 is 2.08 bits per heavy atom. The molecular formula is C10H13FN2. The Morgan fingerprint density at radius 1 is 1.46 bits per heavy atom. The number of nitrogens with two attached hydrogens (primary N) is 1. The number of anilines is 1. The van der Waals surface area contributed by atoms with Gasteiger partial charge in [-0.3, -0.25) is 0 Å². The minimum absolute atomic E-state index is 0.0418. The zero-order valence-corrected chi connectivity index (χ0v) is 7.76. The maximum absolute atomic E-state index is 13.3. The molecule has 0 aliphatic carbocycles. The molecule has 3 heteroatoms. The van der Waals surface area contributed by atoms with Crippen LogP contribution in [0.25, 0.3) is 0 Å². The van der Waals surface area contributed by atoms with Crippen LogP contribution in [0.4, 0.5) is 10.1 Å². The normalized spacial score (nSPS) is 10.5. The van der Waals surface area contributed by atoms with Gasteiger partial charge in [-0.1, -0.05) is 13.8 Å². The molecule has 13 heavy (non-hydrogen) atoms. The molecule has 0 unspecified atom stereocenters. The number of nitrogen functional groups attached to an aromatic ring is 1. The Hall–Kier alpha value is -1.38. The average molecular weight is 180 g/mol. The highest BCUT2D eigenvalue weighted by atomic mass is 19.1. The summed E-state index contributed by atoms with van der Waals surface area (Å²) in [5.41, 5.74) is 7.10. The summed E-state index contributed by atoms with van der Waals surface area (Å²) in [5, 5.41) is 7.14. The summed E-state index contributed by atoms with van der Waals surface area (Å²) >= 11 is 0. The van der Waals surface area contributed by atoms with Crippen molar-refractivity contribution >= 4 is 11.9 Å². The van der Waals surface area contributed by atoms with Crippen molar-refractivity contribution in [1.29, 1.82) is 5.41 Å². The van der Waals surface area contributed by atoms with Gasteiger partial charge in [0.2, 0.25) is 0 Å². The first-order valence-corrected chi connectivity index (χ1v) is 4.16. The van der Waals surface area contributed by atoms with E-state index >= 15 is 0 Å². The van der Waals surface area contributed by atoms with Gasteiger partial charge in [0.05, 0.1) is 0 Å². The molecule has 0 heterocycles. The van der Waals surface area contributed by atoms with E-state index in [4.69, 9.17) is 11.1 Å². The van der Waals surface area contributed by atoms with Gasteiger partial charge in [-0.2, -0.15) is 0 Å². The van der Waals surface area contributed by atoms with Gasteiger partial charge in [0.1, 0.15) is 5.82 Å². The average Bonchev–Trinajstić information content (AvgIpc) is 2.07. The van der Waals surface area contributed by atoms with Crippen LogP contribution in [0.1, 0.15) is 30.9 Å². The molecule has 0 atom stereocenters. The van der Waals surface area contributed by atoms with E-state index in [0.717, 1.165) is 6.21 Å². The Balaban J connectivity index is 3.43. The lowest BCUT2D eigenvalue weighted by atomic mass is 9.96. The SMILES string of the molecule is CC(C)c1c(F)ccc(N)c1C=N. The third-order valence-corrected chi connectivity index (χ3v) is 1.99. The predicted molar refractivity (Wildman–Crippen MR) is 52.8 cm³/mol. The number of hydrogen-bond acceptors (Lipinski definition) is 2. The minimum Gasteiger partial charge on any atom is -0.398 e. The number of hydrogen-bond donors (Lipinski definition) is 2. The summed E-state index contributed by atoms with van der Waals surface area (Å²) in [7, 11) is 0. The van der Waals surface area contributed by atoms with Crippen molar-refractivity contribution < 1.29 is 4.39 Å². The van der Waals surface area contributed by atoms with Crippen molar-refractivity contribution in [2.24, 2.45) is 0 Å². The maximum Gasteiger partial charge on any atom is 0.127 e. The second kappa shape index (κ2) is 3.56. The van der Waals surface area contributed by atoms with Crippen LogP contribution >= 0.6 is 0 Å².